The normalized spacial score (nSPS) is 12.7. The van der Waals surface area contributed by atoms with E-state index in [9.17, 15) is 18.3 Å². The molecule has 0 amide bonds. The van der Waals surface area contributed by atoms with E-state index in [4.69, 9.17) is 0 Å². The van der Waals surface area contributed by atoms with Crippen molar-refractivity contribution in [2.24, 2.45) is 0 Å². The van der Waals surface area contributed by atoms with Crippen LogP contribution in [0.15, 0.2) is 12.1 Å². The fourth-order valence-electron chi connectivity index (χ4n) is 1.47. The van der Waals surface area contributed by atoms with Gasteiger partial charge in [0.25, 0.3) is 0 Å². The molecule has 1 aromatic heterocycles. The first-order valence-corrected chi connectivity index (χ1v) is 5.08. The third kappa shape index (κ3) is 2.19. The predicted molar refractivity (Wildman–Crippen MR) is 54.8 cm³/mol. The van der Waals surface area contributed by atoms with Gasteiger partial charge in [-0.1, -0.05) is 0 Å². The van der Waals surface area contributed by atoms with Crippen molar-refractivity contribution in [2.75, 3.05) is 0 Å². The molecular weight excluding hydrogens is 249 g/mol. The highest BCUT2D eigenvalue weighted by atomic mass is 19.2. The van der Waals surface area contributed by atoms with Crippen LogP contribution in [0.4, 0.5) is 13.2 Å². The molecule has 0 saturated carbocycles. The second kappa shape index (κ2) is 4.73. The number of tetrazole rings is 1. The number of aromatic nitrogens is 4. The molecule has 0 bridgehead atoms. The van der Waals surface area contributed by atoms with Crippen molar-refractivity contribution in [2.45, 2.75) is 19.6 Å². The van der Waals surface area contributed by atoms with Gasteiger partial charge in [0.2, 0.25) is 0 Å². The van der Waals surface area contributed by atoms with Crippen molar-refractivity contribution in [3.63, 3.8) is 0 Å². The number of aliphatic hydroxyl groups is 1. The highest BCUT2D eigenvalue weighted by Crippen LogP contribution is 2.23. The highest BCUT2D eigenvalue weighted by molar-refractivity contribution is 5.55. The van der Waals surface area contributed by atoms with Crippen LogP contribution in [0.5, 0.6) is 0 Å². The largest absolute Gasteiger partial charge is 0.391 e. The van der Waals surface area contributed by atoms with E-state index in [1.165, 1.54) is 6.92 Å². The molecule has 1 N–H and O–H groups in total. The second-order valence-electron chi connectivity index (χ2n) is 3.76. The van der Waals surface area contributed by atoms with Gasteiger partial charge < -0.3 is 5.11 Å². The summed E-state index contributed by atoms with van der Waals surface area (Å²) in [5, 5.41) is 19.6. The van der Waals surface area contributed by atoms with E-state index in [0.717, 1.165) is 16.8 Å². The molecule has 1 atom stereocenters. The first kappa shape index (κ1) is 12.5. The van der Waals surface area contributed by atoms with Gasteiger partial charge in [-0.3, -0.25) is 0 Å². The van der Waals surface area contributed by atoms with Crippen molar-refractivity contribution in [1.29, 1.82) is 0 Å². The molecule has 8 heteroatoms. The Balaban J connectivity index is 2.49. The van der Waals surface area contributed by atoms with Crippen LogP contribution in [0.2, 0.25) is 0 Å². The SMILES string of the molecule is CC(O)Cn1nnnc1-c1ccc(F)c(F)c1F. The van der Waals surface area contributed by atoms with E-state index in [-0.39, 0.29) is 17.9 Å². The van der Waals surface area contributed by atoms with Crippen LogP contribution in [0.1, 0.15) is 6.92 Å². The summed E-state index contributed by atoms with van der Waals surface area (Å²) in [5.74, 6) is -4.31. The lowest BCUT2D eigenvalue weighted by atomic mass is 10.2. The van der Waals surface area contributed by atoms with Crippen molar-refractivity contribution in [1.82, 2.24) is 20.2 Å². The van der Waals surface area contributed by atoms with Gasteiger partial charge in [-0.2, -0.15) is 0 Å². The monoisotopic (exact) mass is 258 g/mol. The Morgan fingerprint density at radius 2 is 2.00 bits per heavy atom. The summed E-state index contributed by atoms with van der Waals surface area (Å²) < 4.78 is 40.6. The Bertz CT molecular complexity index is 570. The molecule has 0 aliphatic rings. The molecule has 2 aromatic rings. The predicted octanol–water partition coefficient (Wildman–Crippen LogP) is 1.14. The van der Waals surface area contributed by atoms with Gasteiger partial charge in [-0.05, 0) is 29.5 Å². The first-order chi connectivity index (χ1) is 8.50. The molecule has 0 saturated heterocycles. The van der Waals surface area contributed by atoms with Gasteiger partial charge in [0.1, 0.15) is 0 Å². The van der Waals surface area contributed by atoms with E-state index in [2.05, 4.69) is 15.5 Å². The van der Waals surface area contributed by atoms with E-state index >= 15 is 0 Å². The van der Waals surface area contributed by atoms with Crippen LogP contribution in [0.25, 0.3) is 11.4 Å². The van der Waals surface area contributed by atoms with Crippen molar-refractivity contribution < 1.29 is 18.3 Å². The van der Waals surface area contributed by atoms with Gasteiger partial charge >= 0.3 is 0 Å². The lowest BCUT2D eigenvalue weighted by Crippen LogP contribution is -2.14. The summed E-state index contributed by atoms with van der Waals surface area (Å²) >= 11 is 0. The van der Waals surface area contributed by atoms with Gasteiger partial charge in [0.15, 0.2) is 23.3 Å². The molecule has 0 fully saturated rings. The highest BCUT2D eigenvalue weighted by Gasteiger charge is 2.19. The summed E-state index contributed by atoms with van der Waals surface area (Å²) in [7, 11) is 0. The van der Waals surface area contributed by atoms with E-state index in [1.807, 2.05) is 0 Å². The smallest absolute Gasteiger partial charge is 0.195 e. The zero-order valence-electron chi connectivity index (χ0n) is 9.31. The van der Waals surface area contributed by atoms with Crippen molar-refractivity contribution >= 4 is 0 Å². The van der Waals surface area contributed by atoms with Crippen molar-refractivity contribution in [3.05, 3.63) is 29.6 Å². The first-order valence-electron chi connectivity index (χ1n) is 5.08. The van der Waals surface area contributed by atoms with Crippen LogP contribution in [0.3, 0.4) is 0 Å². The third-order valence-electron chi connectivity index (χ3n) is 2.25. The quantitative estimate of drug-likeness (QED) is 0.838. The third-order valence-corrected chi connectivity index (χ3v) is 2.25. The van der Waals surface area contributed by atoms with E-state index in [0.29, 0.717) is 0 Å². The van der Waals surface area contributed by atoms with Gasteiger partial charge in [-0.25, -0.2) is 17.9 Å². The minimum atomic E-state index is -1.58. The maximum atomic E-state index is 13.6. The number of halogens is 3. The zero-order chi connectivity index (χ0) is 13.3. The number of hydrogen-bond donors (Lipinski definition) is 1. The van der Waals surface area contributed by atoms with E-state index in [1.54, 1.807) is 0 Å². The van der Waals surface area contributed by atoms with Crippen LogP contribution >= 0.6 is 0 Å². The summed E-state index contributed by atoms with van der Waals surface area (Å²) in [6, 6.07) is 1.83. The topological polar surface area (TPSA) is 63.8 Å². The second-order valence-corrected chi connectivity index (χ2v) is 3.76. The van der Waals surface area contributed by atoms with Gasteiger partial charge in [-0.15, -0.1) is 5.10 Å². The lowest BCUT2D eigenvalue weighted by Gasteiger charge is -2.07. The fraction of sp³-hybridized carbons (Fsp3) is 0.300. The molecule has 1 heterocycles. The number of benzene rings is 1. The lowest BCUT2D eigenvalue weighted by molar-refractivity contribution is 0.168. The Hall–Kier alpha value is -1.96. The Morgan fingerprint density at radius 3 is 2.67 bits per heavy atom. The maximum Gasteiger partial charge on any atom is 0.195 e. The number of rotatable bonds is 3. The Kier molecular flexibility index (Phi) is 3.28. The van der Waals surface area contributed by atoms with Gasteiger partial charge in [0, 0.05) is 0 Å². The molecule has 1 aromatic carbocycles. The zero-order valence-corrected chi connectivity index (χ0v) is 9.31. The summed E-state index contributed by atoms with van der Waals surface area (Å²) in [6.45, 7) is 1.51. The maximum absolute atomic E-state index is 13.6. The molecule has 5 nitrogen and oxygen atoms in total. The molecule has 96 valence electrons. The fourth-order valence-corrected chi connectivity index (χ4v) is 1.47. The summed E-state index contributed by atoms with van der Waals surface area (Å²) in [5.41, 5.74) is -0.264. The minimum Gasteiger partial charge on any atom is -0.391 e. The summed E-state index contributed by atoms with van der Waals surface area (Å²) in [6.07, 6.45) is -0.763. The number of hydrogen-bond acceptors (Lipinski definition) is 4. The van der Waals surface area contributed by atoms with Crippen LogP contribution in [-0.2, 0) is 6.54 Å². The number of aliphatic hydroxyl groups excluding tert-OH is 1. The molecular formula is C10H9F3N4O. The average Bonchev–Trinajstić information content (AvgIpc) is 2.73. The summed E-state index contributed by atoms with van der Waals surface area (Å²) in [4.78, 5) is 0. The van der Waals surface area contributed by atoms with Crippen molar-refractivity contribution in [3.8, 4) is 11.4 Å². The molecule has 2 rings (SSSR count). The molecule has 1 unspecified atom stereocenters. The molecule has 0 spiro atoms. The van der Waals surface area contributed by atoms with Crippen LogP contribution < -0.4 is 0 Å². The molecule has 18 heavy (non-hydrogen) atoms. The number of nitrogens with zero attached hydrogens (tertiary/aromatic N) is 4. The molecule has 0 radical (unpaired) electrons. The van der Waals surface area contributed by atoms with Crippen LogP contribution in [0, 0.1) is 17.5 Å². The molecule has 0 aliphatic heterocycles. The minimum absolute atomic E-state index is 0.0147. The van der Waals surface area contributed by atoms with Crippen LogP contribution in [-0.4, -0.2) is 31.4 Å². The standard InChI is InChI=1S/C10H9F3N4O/c1-5(18)4-17-10(14-15-16-17)6-2-3-7(11)9(13)8(6)12/h2-3,5,18H,4H2,1H3. The van der Waals surface area contributed by atoms with Gasteiger partial charge in [0.05, 0.1) is 18.2 Å². The molecule has 0 aliphatic carbocycles. The van der Waals surface area contributed by atoms with E-state index < -0.39 is 23.6 Å². The Morgan fingerprint density at radius 1 is 1.28 bits per heavy atom. The Labute approximate surface area is 99.9 Å². The average molecular weight is 258 g/mol.